The maximum absolute atomic E-state index is 12.5. The van der Waals surface area contributed by atoms with Crippen LogP contribution < -0.4 is 16.0 Å². The number of fused-ring (bicyclic) bond motifs is 1. The Kier molecular flexibility index (Phi) is 6.24. The van der Waals surface area contributed by atoms with Crippen molar-refractivity contribution in [3.63, 3.8) is 0 Å². The van der Waals surface area contributed by atoms with Gasteiger partial charge in [-0.25, -0.2) is 4.52 Å². The zero-order valence-electron chi connectivity index (χ0n) is 18.1. The number of benzene rings is 2. The van der Waals surface area contributed by atoms with Crippen LogP contribution in [-0.4, -0.2) is 40.1 Å². The Balaban J connectivity index is 1.28. The van der Waals surface area contributed by atoms with Gasteiger partial charge in [0.15, 0.2) is 5.65 Å². The molecule has 7 nitrogen and oxygen atoms in total. The van der Waals surface area contributed by atoms with E-state index in [1.165, 1.54) is 0 Å². The summed E-state index contributed by atoms with van der Waals surface area (Å²) in [5, 5.41) is 14.8. The number of nitrogens with zero attached hydrogens (tertiary/aromatic N) is 3. The normalized spacial score (nSPS) is 14.3. The average molecular weight is 461 g/mol. The van der Waals surface area contributed by atoms with E-state index >= 15 is 0 Å². The van der Waals surface area contributed by atoms with Gasteiger partial charge in [0.25, 0.3) is 5.91 Å². The summed E-state index contributed by atoms with van der Waals surface area (Å²) < 4.78 is 1.74. The van der Waals surface area contributed by atoms with Crippen LogP contribution in [0.3, 0.4) is 0 Å². The molecule has 1 saturated heterocycles. The topological polar surface area (TPSA) is 83.4 Å². The number of rotatable bonds is 6. The van der Waals surface area contributed by atoms with Gasteiger partial charge in [-0.2, -0.15) is 4.98 Å². The highest BCUT2D eigenvalue weighted by atomic mass is 35.5. The first-order chi connectivity index (χ1) is 16.2. The number of anilines is 2. The van der Waals surface area contributed by atoms with Gasteiger partial charge in [0.1, 0.15) is 0 Å². The van der Waals surface area contributed by atoms with Crippen molar-refractivity contribution in [2.75, 3.05) is 25.0 Å². The molecule has 33 heavy (non-hydrogen) atoms. The van der Waals surface area contributed by atoms with Gasteiger partial charge in [0.2, 0.25) is 5.95 Å². The lowest BCUT2D eigenvalue weighted by atomic mass is 9.98. The number of carbonyl (C=O) groups is 1. The van der Waals surface area contributed by atoms with Crippen LogP contribution in [0.5, 0.6) is 0 Å². The summed E-state index contributed by atoms with van der Waals surface area (Å²) >= 11 is 6.17. The molecule has 0 atom stereocenters. The van der Waals surface area contributed by atoms with Crippen LogP contribution in [0.2, 0.25) is 5.02 Å². The maximum Gasteiger partial charge on any atom is 0.251 e. The minimum atomic E-state index is -0.0444. The molecule has 0 bridgehead atoms. The second-order valence-electron chi connectivity index (χ2n) is 8.24. The Labute approximate surface area is 197 Å². The minimum Gasteiger partial charge on any atom is -0.352 e. The summed E-state index contributed by atoms with van der Waals surface area (Å²) in [4.78, 5) is 17.2. The van der Waals surface area contributed by atoms with Gasteiger partial charge in [-0.3, -0.25) is 4.79 Å². The highest BCUT2D eigenvalue weighted by Crippen LogP contribution is 2.27. The summed E-state index contributed by atoms with van der Waals surface area (Å²) in [5.74, 6) is 0.985. The number of pyridine rings is 1. The molecule has 2 aromatic carbocycles. The third-order valence-corrected chi connectivity index (χ3v) is 6.15. The highest BCUT2D eigenvalue weighted by Gasteiger charge is 2.15. The fourth-order valence-electron chi connectivity index (χ4n) is 4.10. The van der Waals surface area contributed by atoms with Crippen molar-refractivity contribution in [2.24, 2.45) is 5.92 Å². The number of nitrogens with one attached hydrogen (secondary N) is 3. The molecular weight excluding hydrogens is 436 g/mol. The molecule has 0 radical (unpaired) electrons. The quantitative estimate of drug-likeness (QED) is 0.394. The predicted octanol–water partition coefficient (Wildman–Crippen LogP) is 4.52. The summed E-state index contributed by atoms with van der Waals surface area (Å²) in [7, 11) is 0. The van der Waals surface area contributed by atoms with E-state index in [0.29, 0.717) is 22.5 Å². The molecule has 5 rings (SSSR count). The van der Waals surface area contributed by atoms with Gasteiger partial charge in [-0.05, 0) is 85.9 Å². The van der Waals surface area contributed by atoms with Gasteiger partial charge in [-0.1, -0.05) is 23.7 Å². The van der Waals surface area contributed by atoms with Crippen molar-refractivity contribution in [1.29, 1.82) is 0 Å². The van der Waals surface area contributed by atoms with Crippen molar-refractivity contribution in [3.05, 3.63) is 77.4 Å². The molecule has 1 amide bonds. The molecule has 0 saturated carbocycles. The number of halogens is 1. The van der Waals surface area contributed by atoms with Gasteiger partial charge in [0.05, 0.1) is 0 Å². The summed E-state index contributed by atoms with van der Waals surface area (Å²) in [6.07, 6.45) is 4.07. The first-order valence-corrected chi connectivity index (χ1v) is 11.5. The largest absolute Gasteiger partial charge is 0.352 e. The number of hydrogen-bond donors (Lipinski definition) is 3. The molecule has 1 aliphatic rings. The monoisotopic (exact) mass is 460 g/mol. The van der Waals surface area contributed by atoms with Crippen molar-refractivity contribution in [3.8, 4) is 11.1 Å². The summed E-state index contributed by atoms with van der Waals surface area (Å²) in [6.45, 7) is 2.78. The predicted molar refractivity (Wildman–Crippen MR) is 131 cm³/mol. The number of piperidine rings is 1. The number of amides is 1. The zero-order chi connectivity index (χ0) is 22.6. The van der Waals surface area contributed by atoms with Gasteiger partial charge in [0, 0.05) is 34.6 Å². The van der Waals surface area contributed by atoms with Gasteiger partial charge in [-0.15, -0.1) is 5.10 Å². The molecule has 2 aromatic heterocycles. The third-order valence-electron chi connectivity index (χ3n) is 5.91. The molecule has 0 unspecified atom stereocenters. The van der Waals surface area contributed by atoms with Crippen LogP contribution in [0, 0.1) is 5.92 Å². The van der Waals surface area contributed by atoms with Gasteiger partial charge >= 0.3 is 0 Å². The molecule has 0 spiro atoms. The molecule has 3 N–H and O–H groups in total. The van der Waals surface area contributed by atoms with Crippen LogP contribution in [0.15, 0.2) is 66.9 Å². The Morgan fingerprint density at radius 3 is 2.70 bits per heavy atom. The summed E-state index contributed by atoms with van der Waals surface area (Å²) in [5.41, 5.74) is 4.11. The van der Waals surface area contributed by atoms with E-state index in [9.17, 15) is 4.79 Å². The van der Waals surface area contributed by atoms with Crippen LogP contribution >= 0.6 is 11.6 Å². The van der Waals surface area contributed by atoms with Crippen LogP contribution in [-0.2, 0) is 0 Å². The molecule has 1 fully saturated rings. The first-order valence-electron chi connectivity index (χ1n) is 11.1. The molecule has 168 valence electrons. The SMILES string of the molecule is O=C(NCC1CCNCC1)c1ccc(Nc2nc3c(-c4cccc(Cl)c4)cccn3n2)cc1. The number of aromatic nitrogens is 3. The zero-order valence-corrected chi connectivity index (χ0v) is 18.8. The van der Waals surface area contributed by atoms with Crippen molar-refractivity contribution in [1.82, 2.24) is 25.2 Å². The van der Waals surface area contributed by atoms with E-state index in [0.717, 1.165) is 54.9 Å². The van der Waals surface area contributed by atoms with Crippen LogP contribution in [0.25, 0.3) is 16.8 Å². The van der Waals surface area contributed by atoms with Crippen molar-refractivity contribution >= 4 is 34.8 Å². The molecule has 4 aromatic rings. The maximum atomic E-state index is 12.5. The van der Waals surface area contributed by atoms with E-state index in [2.05, 4.69) is 26.0 Å². The fourth-order valence-corrected chi connectivity index (χ4v) is 4.29. The average Bonchev–Trinajstić information content (AvgIpc) is 3.26. The Hall–Kier alpha value is -3.42. The van der Waals surface area contributed by atoms with E-state index in [-0.39, 0.29) is 5.91 Å². The molecular formula is C25H25ClN6O. The number of carbonyl (C=O) groups excluding carboxylic acids is 1. The third kappa shape index (κ3) is 4.99. The molecule has 1 aliphatic heterocycles. The lowest BCUT2D eigenvalue weighted by molar-refractivity contribution is 0.0944. The fraction of sp³-hybridized carbons (Fsp3) is 0.240. The van der Waals surface area contributed by atoms with E-state index in [1.54, 1.807) is 4.52 Å². The Morgan fingerprint density at radius 2 is 1.91 bits per heavy atom. The second kappa shape index (κ2) is 9.60. The van der Waals surface area contributed by atoms with Crippen molar-refractivity contribution in [2.45, 2.75) is 12.8 Å². The van der Waals surface area contributed by atoms with Gasteiger partial charge < -0.3 is 16.0 Å². The van der Waals surface area contributed by atoms with Crippen molar-refractivity contribution < 1.29 is 4.79 Å². The first kappa shape index (κ1) is 21.4. The highest BCUT2D eigenvalue weighted by molar-refractivity contribution is 6.30. The molecule has 3 heterocycles. The lowest BCUT2D eigenvalue weighted by Crippen LogP contribution is -2.35. The second-order valence-corrected chi connectivity index (χ2v) is 8.68. The van der Waals surface area contributed by atoms with Crippen LogP contribution in [0.1, 0.15) is 23.2 Å². The Bertz CT molecular complexity index is 1260. The lowest BCUT2D eigenvalue weighted by Gasteiger charge is -2.22. The van der Waals surface area contributed by atoms with E-state index in [4.69, 9.17) is 11.6 Å². The minimum absolute atomic E-state index is 0.0444. The number of hydrogen-bond acceptors (Lipinski definition) is 5. The smallest absolute Gasteiger partial charge is 0.251 e. The molecule has 8 heteroatoms. The Morgan fingerprint density at radius 1 is 1.09 bits per heavy atom. The van der Waals surface area contributed by atoms with Crippen LogP contribution in [0.4, 0.5) is 11.6 Å². The van der Waals surface area contributed by atoms with E-state index in [1.807, 2.05) is 66.9 Å². The van der Waals surface area contributed by atoms with E-state index < -0.39 is 0 Å². The summed E-state index contributed by atoms with van der Waals surface area (Å²) in [6, 6.07) is 19.0. The molecule has 0 aliphatic carbocycles. The standard InChI is InChI=1S/C25H25ClN6O/c26-20-4-1-3-19(15-20)22-5-2-14-32-23(22)30-25(31-32)29-21-8-6-18(7-9-21)24(33)28-16-17-10-12-27-13-11-17/h1-9,14-15,17,27H,10-13,16H2,(H,28,33)(H,29,31).